The summed E-state index contributed by atoms with van der Waals surface area (Å²) in [6.07, 6.45) is 7.47. The van der Waals surface area contributed by atoms with Crippen molar-refractivity contribution in [2.24, 2.45) is 15.0 Å². The summed E-state index contributed by atoms with van der Waals surface area (Å²) in [5.74, 6) is 3.30. The zero-order valence-electron chi connectivity index (χ0n) is 61.4. The normalized spacial score (nSPS) is 16.9. The molecular weight excluding hydrogens is 1300 g/mol. The van der Waals surface area contributed by atoms with Crippen LogP contribution in [0, 0.1) is 41.5 Å². The molecular formula is C84H96N12O8. The number of aryl methyl sites for hydroxylation is 6. The molecule has 0 amide bonds. The van der Waals surface area contributed by atoms with Crippen LogP contribution >= 0.6 is 0 Å². The number of aromatic nitrogens is 6. The molecule has 4 aromatic carbocycles. The first-order valence-electron chi connectivity index (χ1n) is 35.0. The number of fused-ring (bicyclic) bond motifs is 3. The number of allylic oxidation sites excluding steroid dienone is 1. The third kappa shape index (κ3) is 15.8. The first-order valence-corrected chi connectivity index (χ1v) is 35.0. The van der Waals surface area contributed by atoms with E-state index in [-0.39, 0.29) is 7.43 Å². The summed E-state index contributed by atoms with van der Waals surface area (Å²) in [7, 11) is 8.16. The molecule has 11 heterocycles. The van der Waals surface area contributed by atoms with Gasteiger partial charge < -0.3 is 63.0 Å². The van der Waals surface area contributed by atoms with Gasteiger partial charge in [-0.1, -0.05) is 62.0 Å². The van der Waals surface area contributed by atoms with E-state index in [1.807, 2.05) is 65.0 Å². The molecule has 15 rings (SSSR count). The molecule has 20 heteroatoms. The van der Waals surface area contributed by atoms with E-state index in [0.29, 0.717) is 39.9 Å². The number of methoxy groups -OCH3 is 5. The lowest BCUT2D eigenvalue weighted by Crippen LogP contribution is -2.47. The highest BCUT2D eigenvalue weighted by molar-refractivity contribution is 6.15. The average molecular weight is 1400 g/mol. The van der Waals surface area contributed by atoms with Gasteiger partial charge in [0.25, 0.3) is 0 Å². The van der Waals surface area contributed by atoms with Crippen LogP contribution in [0.4, 0.5) is 10.5 Å². The number of rotatable bonds is 14. The van der Waals surface area contributed by atoms with Crippen LogP contribution < -0.4 is 66.4 Å². The number of morpholine rings is 1. The summed E-state index contributed by atoms with van der Waals surface area (Å²) in [5, 5.41) is 9.11. The van der Waals surface area contributed by atoms with E-state index in [0.717, 1.165) is 166 Å². The molecule has 0 atom stereocenters. The Kier molecular flexibility index (Phi) is 21.9. The number of piperazine rings is 1. The van der Waals surface area contributed by atoms with Crippen LogP contribution in [0.1, 0.15) is 84.7 Å². The highest BCUT2D eigenvalue weighted by Crippen LogP contribution is 2.36. The van der Waals surface area contributed by atoms with Crippen LogP contribution in [0.25, 0.3) is 51.7 Å². The maximum Gasteiger partial charge on any atom is 0.419 e. The minimum Gasteiger partial charge on any atom is -0.494 e. The molecule has 0 aliphatic carbocycles. The van der Waals surface area contributed by atoms with Crippen molar-refractivity contribution >= 4 is 69.2 Å². The zero-order chi connectivity index (χ0) is 72.2. The quantitative estimate of drug-likeness (QED) is 0.0692. The molecule has 0 radical (unpaired) electrons. The van der Waals surface area contributed by atoms with Crippen molar-refractivity contribution in [1.82, 2.24) is 39.3 Å². The molecule has 0 unspecified atom stereocenters. The number of aromatic amines is 5. The molecule has 5 aliphatic rings. The average Bonchev–Trinajstić information content (AvgIpc) is 1.65. The van der Waals surface area contributed by atoms with Gasteiger partial charge >= 0.3 is 6.09 Å². The van der Waals surface area contributed by atoms with Crippen LogP contribution in [-0.2, 0) is 14.2 Å². The second-order valence-electron chi connectivity index (χ2n) is 27.5. The van der Waals surface area contributed by atoms with E-state index in [2.05, 4.69) is 183 Å². The number of nitrogens with zero attached hydrogens (tertiary/aromatic N) is 7. The summed E-state index contributed by atoms with van der Waals surface area (Å²) in [4.78, 5) is 53.1. The molecule has 0 bridgehead atoms. The number of hydrogen-bond donors (Lipinski definition) is 5. The lowest BCUT2D eigenvalue weighted by atomic mass is 10.1. The van der Waals surface area contributed by atoms with Gasteiger partial charge in [0.1, 0.15) is 28.6 Å². The van der Waals surface area contributed by atoms with Gasteiger partial charge in [-0.05, 0) is 152 Å². The van der Waals surface area contributed by atoms with E-state index >= 15 is 0 Å². The number of benzene rings is 4. The van der Waals surface area contributed by atoms with Gasteiger partial charge in [0, 0.05) is 143 Å². The molecule has 2 fully saturated rings. The second kappa shape index (κ2) is 31.3. The number of carbonyl (C=O) groups excluding carboxylic acids is 1. The number of nitrogens with one attached hydrogen (secondary N) is 5. The van der Waals surface area contributed by atoms with Gasteiger partial charge in [0.05, 0.1) is 109 Å². The van der Waals surface area contributed by atoms with Gasteiger partial charge in [-0.3, -0.25) is 9.80 Å². The second-order valence-corrected chi connectivity index (χ2v) is 27.5. The number of H-pyrrole nitrogens is 5. The van der Waals surface area contributed by atoms with Crippen LogP contribution in [0.5, 0.6) is 23.0 Å². The minimum atomic E-state index is -0.680. The monoisotopic (exact) mass is 1400 g/mol. The van der Waals surface area contributed by atoms with Crippen molar-refractivity contribution in [3.63, 3.8) is 0 Å². The minimum absolute atomic E-state index is 0. The van der Waals surface area contributed by atoms with Gasteiger partial charge in [-0.25, -0.2) is 24.3 Å². The third-order valence-corrected chi connectivity index (χ3v) is 19.0. The summed E-state index contributed by atoms with van der Waals surface area (Å²) in [6.45, 7) is 27.2. The van der Waals surface area contributed by atoms with E-state index < -0.39 is 11.7 Å². The fourth-order valence-corrected chi connectivity index (χ4v) is 13.9. The molecule has 5 aliphatic heterocycles. The third-order valence-electron chi connectivity index (χ3n) is 19.0. The maximum atomic E-state index is 13.4. The first-order chi connectivity index (χ1) is 49.7. The van der Waals surface area contributed by atoms with E-state index in [9.17, 15) is 4.79 Å². The number of ether oxygens (including phenoxy) is 7. The fraction of sp³-hybridized carbons (Fsp3) is 0.310. The van der Waals surface area contributed by atoms with Crippen molar-refractivity contribution in [3.05, 3.63) is 244 Å². The van der Waals surface area contributed by atoms with Crippen LogP contribution in [0.3, 0.4) is 0 Å². The number of aliphatic imine (C=N–C) groups is 1. The van der Waals surface area contributed by atoms with E-state index in [1.165, 1.54) is 43.0 Å². The summed E-state index contributed by atoms with van der Waals surface area (Å²) in [5.41, 5.74) is 17.6. The first kappa shape index (κ1) is 72.7. The molecule has 5 N–H and O–H groups in total. The molecule has 104 heavy (non-hydrogen) atoms. The number of hydrogen-bond acceptors (Lipinski definition) is 14. The Morgan fingerprint density at radius 3 is 1.46 bits per heavy atom. The number of anilines is 1. The molecule has 0 spiro atoms. The van der Waals surface area contributed by atoms with Gasteiger partial charge in [0.15, 0.2) is 11.5 Å². The number of para-hydroxylation sites is 3. The van der Waals surface area contributed by atoms with Gasteiger partial charge in [0.2, 0.25) is 0 Å². The van der Waals surface area contributed by atoms with Crippen molar-refractivity contribution in [2.75, 3.05) is 106 Å². The maximum absolute atomic E-state index is 13.4. The fourth-order valence-electron chi connectivity index (χ4n) is 13.9. The van der Waals surface area contributed by atoms with Crippen LogP contribution in [0.2, 0.25) is 0 Å². The van der Waals surface area contributed by atoms with Crippen molar-refractivity contribution < 1.29 is 38.0 Å². The highest BCUT2D eigenvalue weighted by Gasteiger charge is 2.29. The lowest BCUT2D eigenvalue weighted by molar-refractivity contribution is 0.0444. The molecule has 0 saturated carbocycles. The Morgan fingerprint density at radius 1 is 0.519 bits per heavy atom. The number of carbonyl (C=O) groups is 1. The highest BCUT2D eigenvalue weighted by atomic mass is 16.6. The Balaban J connectivity index is 0.000000147. The Hall–Kier alpha value is -11.1. The molecule has 6 aromatic heterocycles. The zero-order valence-corrected chi connectivity index (χ0v) is 61.4. The summed E-state index contributed by atoms with van der Waals surface area (Å²) < 4.78 is 40.8. The predicted molar refractivity (Wildman–Crippen MR) is 415 cm³/mol. The topological polar surface area (TPSA) is 212 Å². The van der Waals surface area contributed by atoms with Gasteiger partial charge in [-0.15, -0.1) is 0 Å². The Morgan fingerprint density at radius 2 is 0.990 bits per heavy atom. The van der Waals surface area contributed by atoms with Crippen molar-refractivity contribution in [1.29, 1.82) is 0 Å². The van der Waals surface area contributed by atoms with Crippen LogP contribution in [0.15, 0.2) is 160 Å². The Labute approximate surface area is 606 Å². The SMILES string of the molecule is C.COC1=CC(c2cc3cc(OC)c(OC)cc3n2C(=O)OC(C)(C)C)=N/C1=C\c1[nH]c(C)cc1C.COc1cc(=C2N=c3ccccc3=C2CN2CCN(c3ccccc3)CC2)[nH]/c1=C\c1[nH]c(C)cc1C.COc1cc(=C2N=c3ccccc3=C2CN2CCOCC2)[nH]/c1=C\c1[nH]c(C)cc1C. The van der Waals surface area contributed by atoms with E-state index in [4.69, 9.17) is 48.1 Å². The lowest BCUT2D eigenvalue weighted by Gasteiger charge is -2.36. The molecule has 2 saturated heterocycles. The van der Waals surface area contributed by atoms with Gasteiger partial charge in [-0.2, -0.15) is 0 Å². The van der Waals surface area contributed by atoms with Crippen molar-refractivity contribution in [3.8, 4) is 23.0 Å². The smallest absolute Gasteiger partial charge is 0.419 e. The summed E-state index contributed by atoms with van der Waals surface area (Å²) >= 11 is 0. The molecule has 20 nitrogen and oxygen atoms in total. The standard InChI is InChI=1S/C31H33N5O.C27H31N3O5.C25H28N4O2.CH4/c1-21-17-22(2)32-27(21)18-28-30(37-3)19-29(33-28)31-25(24-11-7-8-12-26(24)34-31)20-35-13-15-36(16-14-35)23-9-5-4-6-10-23;1-15-9-16(2)28-18(15)12-20-23(32-6)13-19(29-20)22-10-17-11-24(33-7)25(34-8)14-21(17)30(22)26(31)35-27(3,4)5;1-16-12-17(2)26-21(16)13-22-24(30-3)14-23(27-22)25-19(15-29-8-10-31-11-9-29)18-6-4-5-7-20(18)28-25;/h4-12,17-19,32-33H,13-16,20H2,1-3H3;9-14,28H,1-8H3;4-7,12-14,26-27H,8-11,15H2,1-3H3;1H4/b28-18-,31-29?;20-12-;22-13-,25-23?;. The predicted octanol–water partition coefficient (Wildman–Crippen LogP) is 9.33. The molecule has 10 aromatic rings. The van der Waals surface area contributed by atoms with Crippen LogP contribution in [-0.4, -0.2) is 158 Å². The molecule has 540 valence electrons. The largest absolute Gasteiger partial charge is 0.494 e. The Bertz CT molecular complexity index is 5500. The summed E-state index contributed by atoms with van der Waals surface area (Å²) in [6, 6.07) is 43.5. The van der Waals surface area contributed by atoms with Crippen molar-refractivity contribution in [2.45, 2.75) is 75.3 Å². The van der Waals surface area contributed by atoms with E-state index in [1.54, 1.807) is 41.6 Å².